The van der Waals surface area contributed by atoms with Crippen LogP contribution in [0.25, 0.3) is 22.6 Å². The molecular formula is C16H9FIN3O. The molecule has 1 amide bonds. The number of aromatic nitrogens is 2. The summed E-state index contributed by atoms with van der Waals surface area (Å²) in [6.45, 7) is 0. The highest BCUT2D eigenvalue weighted by molar-refractivity contribution is 14.1. The molecule has 2 N–H and O–H groups in total. The highest BCUT2D eigenvalue weighted by Gasteiger charge is 2.24. The van der Waals surface area contributed by atoms with Gasteiger partial charge in [0.25, 0.3) is 5.91 Å². The number of hydrogen-bond donors (Lipinski definition) is 2. The number of carbonyl (C=O) groups is 1. The van der Waals surface area contributed by atoms with E-state index >= 15 is 0 Å². The van der Waals surface area contributed by atoms with Crippen molar-refractivity contribution in [1.29, 1.82) is 0 Å². The molecule has 6 heteroatoms. The first-order chi connectivity index (χ1) is 10.6. The number of fused-ring (bicyclic) bond motifs is 2. The monoisotopic (exact) mass is 405 g/mol. The zero-order valence-corrected chi connectivity index (χ0v) is 13.3. The molecule has 1 aliphatic rings. The highest BCUT2D eigenvalue weighted by Crippen LogP contribution is 2.33. The SMILES string of the molecule is O=C1Nc2ccc(F)cc2/C1=C/c1ccc2c(I)n[nH]c2c1. The number of aromatic amines is 1. The summed E-state index contributed by atoms with van der Waals surface area (Å²) in [7, 11) is 0. The molecule has 4 rings (SSSR count). The third kappa shape index (κ3) is 2.10. The molecule has 0 saturated heterocycles. The molecule has 0 saturated carbocycles. The minimum absolute atomic E-state index is 0.222. The Labute approximate surface area is 138 Å². The summed E-state index contributed by atoms with van der Waals surface area (Å²) in [6.07, 6.45) is 1.76. The van der Waals surface area contributed by atoms with Crippen LogP contribution >= 0.6 is 22.6 Å². The third-order valence-corrected chi connectivity index (χ3v) is 4.44. The Bertz CT molecular complexity index is 961. The lowest BCUT2D eigenvalue weighted by Gasteiger charge is -1.99. The fourth-order valence-electron chi connectivity index (χ4n) is 2.56. The van der Waals surface area contributed by atoms with Crippen LogP contribution < -0.4 is 5.32 Å². The van der Waals surface area contributed by atoms with Gasteiger partial charge in [-0.3, -0.25) is 9.89 Å². The maximum absolute atomic E-state index is 13.4. The predicted molar refractivity (Wildman–Crippen MR) is 91.7 cm³/mol. The summed E-state index contributed by atoms with van der Waals surface area (Å²) in [6, 6.07) is 10.1. The van der Waals surface area contributed by atoms with Gasteiger partial charge in [0, 0.05) is 22.2 Å². The zero-order valence-electron chi connectivity index (χ0n) is 11.2. The van der Waals surface area contributed by atoms with Gasteiger partial charge < -0.3 is 5.32 Å². The number of benzene rings is 2. The molecule has 0 fully saturated rings. The molecule has 22 heavy (non-hydrogen) atoms. The third-order valence-electron chi connectivity index (χ3n) is 3.62. The molecule has 0 bridgehead atoms. The molecule has 0 spiro atoms. The summed E-state index contributed by atoms with van der Waals surface area (Å²) in [4.78, 5) is 12.1. The maximum atomic E-state index is 13.4. The van der Waals surface area contributed by atoms with Crippen molar-refractivity contribution in [3.05, 3.63) is 57.0 Å². The van der Waals surface area contributed by atoms with Gasteiger partial charge in [0.15, 0.2) is 0 Å². The first-order valence-electron chi connectivity index (χ1n) is 6.58. The normalized spacial score (nSPS) is 15.4. The fourth-order valence-corrected chi connectivity index (χ4v) is 3.15. The van der Waals surface area contributed by atoms with E-state index in [0.717, 1.165) is 20.2 Å². The number of rotatable bonds is 1. The molecule has 0 radical (unpaired) electrons. The van der Waals surface area contributed by atoms with Crippen molar-refractivity contribution >= 4 is 56.7 Å². The molecule has 1 aliphatic heterocycles. The number of anilines is 1. The van der Waals surface area contributed by atoms with Gasteiger partial charge in [-0.05, 0) is 64.6 Å². The average Bonchev–Trinajstić information content (AvgIpc) is 3.01. The van der Waals surface area contributed by atoms with Gasteiger partial charge in [-0.25, -0.2) is 4.39 Å². The van der Waals surface area contributed by atoms with Crippen LogP contribution in [0.5, 0.6) is 0 Å². The van der Waals surface area contributed by atoms with Gasteiger partial charge in [0.2, 0.25) is 0 Å². The second-order valence-electron chi connectivity index (χ2n) is 5.02. The molecule has 2 aromatic carbocycles. The minimum atomic E-state index is -0.361. The van der Waals surface area contributed by atoms with Crippen molar-refractivity contribution in [3.8, 4) is 0 Å². The van der Waals surface area contributed by atoms with E-state index in [1.807, 2.05) is 18.2 Å². The Morgan fingerprint density at radius 2 is 2.05 bits per heavy atom. The van der Waals surface area contributed by atoms with Crippen LogP contribution in [0, 0.1) is 9.52 Å². The summed E-state index contributed by atoms with van der Waals surface area (Å²) in [5.41, 5.74) is 3.44. The summed E-state index contributed by atoms with van der Waals surface area (Å²) in [5.74, 6) is -0.584. The van der Waals surface area contributed by atoms with E-state index in [1.54, 1.807) is 12.1 Å². The molecule has 0 atom stereocenters. The van der Waals surface area contributed by atoms with Crippen LogP contribution in [0.3, 0.4) is 0 Å². The van der Waals surface area contributed by atoms with Crippen molar-refractivity contribution < 1.29 is 9.18 Å². The van der Waals surface area contributed by atoms with E-state index in [2.05, 4.69) is 38.1 Å². The summed E-state index contributed by atoms with van der Waals surface area (Å²) < 4.78 is 14.3. The van der Waals surface area contributed by atoms with Crippen molar-refractivity contribution in [2.75, 3.05) is 5.32 Å². The number of carbonyl (C=O) groups excluding carboxylic acids is 1. The first kappa shape index (κ1) is 13.4. The number of amides is 1. The van der Waals surface area contributed by atoms with Crippen molar-refractivity contribution in [2.24, 2.45) is 0 Å². The fraction of sp³-hybridized carbons (Fsp3) is 0. The Morgan fingerprint density at radius 1 is 1.18 bits per heavy atom. The standard InChI is InChI=1S/C16H9FIN3O/c17-9-2-4-13-11(7-9)12(16(22)19-13)5-8-1-3-10-14(6-8)20-21-15(10)18/h1-7H,(H,19,22)(H,20,21)/b12-5-. The van der Waals surface area contributed by atoms with Crippen molar-refractivity contribution in [2.45, 2.75) is 0 Å². The summed E-state index contributed by atoms with van der Waals surface area (Å²) in [5, 5.41) is 10.9. The highest BCUT2D eigenvalue weighted by atomic mass is 127. The van der Waals surface area contributed by atoms with Crippen LogP contribution in [0.1, 0.15) is 11.1 Å². The van der Waals surface area contributed by atoms with Gasteiger partial charge in [0.1, 0.15) is 9.52 Å². The molecule has 2 heterocycles. The lowest BCUT2D eigenvalue weighted by atomic mass is 10.0. The Morgan fingerprint density at radius 3 is 2.91 bits per heavy atom. The molecule has 4 nitrogen and oxygen atoms in total. The van der Waals surface area contributed by atoms with Crippen LogP contribution in [-0.2, 0) is 4.79 Å². The second kappa shape index (κ2) is 4.91. The quantitative estimate of drug-likeness (QED) is 0.478. The molecular weight excluding hydrogens is 396 g/mol. The predicted octanol–water partition coefficient (Wildman–Crippen LogP) is 3.80. The van der Waals surface area contributed by atoms with E-state index in [0.29, 0.717) is 16.8 Å². The molecule has 0 aliphatic carbocycles. The van der Waals surface area contributed by atoms with Gasteiger partial charge in [-0.15, -0.1) is 0 Å². The van der Waals surface area contributed by atoms with Crippen LogP contribution in [0.2, 0.25) is 0 Å². The number of nitrogens with zero attached hydrogens (tertiary/aromatic N) is 1. The average molecular weight is 405 g/mol. The lowest BCUT2D eigenvalue weighted by Crippen LogP contribution is -2.03. The maximum Gasteiger partial charge on any atom is 0.256 e. The second-order valence-corrected chi connectivity index (χ2v) is 6.04. The van der Waals surface area contributed by atoms with Crippen LogP contribution in [0.15, 0.2) is 36.4 Å². The number of H-pyrrole nitrogens is 1. The minimum Gasteiger partial charge on any atom is -0.321 e. The first-order valence-corrected chi connectivity index (χ1v) is 7.66. The Hall–Kier alpha value is -2.22. The van der Waals surface area contributed by atoms with Gasteiger partial charge >= 0.3 is 0 Å². The van der Waals surface area contributed by atoms with E-state index in [4.69, 9.17) is 0 Å². The molecule has 108 valence electrons. The van der Waals surface area contributed by atoms with Crippen LogP contribution in [-0.4, -0.2) is 16.1 Å². The topological polar surface area (TPSA) is 57.8 Å². The van der Waals surface area contributed by atoms with E-state index in [-0.39, 0.29) is 11.7 Å². The number of hydrogen-bond acceptors (Lipinski definition) is 2. The lowest BCUT2D eigenvalue weighted by molar-refractivity contribution is -0.110. The van der Waals surface area contributed by atoms with E-state index < -0.39 is 0 Å². The van der Waals surface area contributed by atoms with Gasteiger partial charge in [-0.1, -0.05) is 6.07 Å². The Kier molecular flexibility index (Phi) is 3.00. The van der Waals surface area contributed by atoms with Crippen molar-refractivity contribution in [3.63, 3.8) is 0 Å². The van der Waals surface area contributed by atoms with E-state index in [9.17, 15) is 9.18 Å². The van der Waals surface area contributed by atoms with Crippen molar-refractivity contribution in [1.82, 2.24) is 10.2 Å². The van der Waals surface area contributed by atoms with Gasteiger partial charge in [0.05, 0.1) is 5.52 Å². The van der Waals surface area contributed by atoms with Gasteiger partial charge in [-0.2, -0.15) is 5.10 Å². The van der Waals surface area contributed by atoms with Crippen LogP contribution in [0.4, 0.5) is 10.1 Å². The number of nitrogens with one attached hydrogen (secondary N) is 2. The smallest absolute Gasteiger partial charge is 0.256 e. The molecule has 0 unspecified atom stereocenters. The molecule has 1 aromatic heterocycles. The zero-order chi connectivity index (χ0) is 15.3. The van der Waals surface area contributed by atoms with E-state index in [1.165, 1.54) is 12.1 Å². The largest absolute Gasteiger partial charge is 0.321 e. The molecule has 3 aromatic rings. The number of halogens is 2. The Balaban J connectivity index is 1.84. The summed E-state index contributed by atoms with van der Waals surface area (Å²) >= 11 is 2.16.